The van der Waals surface area contributed by atoms with Crippen molar-refractivity contribution in [3.8, 4) is 11.4 Å². The number of ether oxygens (including phenoxy) is 1. The average Bonchev–Trinajstić information content (AvgIpc) is 3.34. The molecule has 0 atom stereocenters. The van der Waals surface area contributed by atoms with E-state index in [1.807, 2.05) is 42.6 Å². The zero-order valence-corrected chi connectivity index (χ0v) is 15.8. The Morgan fingerprint density at radius 1 is 1.14 bits per heavy atom. The number of esters is 1. The Labute approximate surface area is 162 Å². The van der Waals surface area contributed by atoms with Gasteiger partial charge in [-0.25, -0.2) is 0 Å². The Morgan fingerprint density at radius 3 is 2.71 bits per heavy atom. The predicted octanol–water partition coefficient (Wildman–Crippen LogP) is 4.63. The van der Waals surface area contributed by atoms with Crippen LogP contribution in [0.1, 0.15) is 36.8 Å². The minimum Gasteiger partial charge on any atom is -0.455 e. The highest BCUT2D eigenvalue weighted by molar-refractivity contribution is 5.87. The van der Waals surface area contributed by atoms with Crippen molar-refractivity contribution in [2.24, 2.45) is 0 Å². The van der Waals surface area contributed by atoms with Crippen LogP contribution in [0, 0.1) is 0 Å². The van der Waals surface area contributed by atoms with E-state index in [0.717, 1.165) is 22.0 Å². The molecule has 0 aliphatic rings. The van der Waals surface area contributed by atoms with Crippen LogP contribution in [-0.4, -0.2) is 21.1 Å². The minimum atomic E-state index is -0.342. The molecule has 0 saturated heterocycles. The van der Waals surface area contributed by atoms with E-state index in [9.17, 15) is 4.79 Å². The Kier molecular flexibility index (Phi) is 4.93. The zero-order valence-electron chi connectivity index (χ0n) is 15.8. The lowest BCUT2D eigenvalue weighted by molar-refractivity contribution is -0.144. The molecule has 0 unspecified atom stereocenters. The van der Waals surface area contributed by atoms with Crippen LogP contribution < -0.4 is 0 Å². The van der Waals surface area contributed by atoms with Crippen molar-refractivity contribution in [1.82, 2.24) is 15.1 Å². The zero-order chi connectivity index (χ0) is 19.5. The number of H-pyrrole nitrogens is 1. The van der Waals surface area contributed by atoms with Gasteiger partial charge in [-0.05, 0) is 23.1 Å². The van der Waals surface area contributed by atoms with Crippen LogP contribution in [0.3, 0.4) is 0 Å². The highest BCUT2D eigenvalue weighted by Gasteiger charge is 2.13. The van der Waals surface area contributed by atoms with E-state index < -0.39 is 0 Å². The molecular weight excluding hydrogens is 354 g/mol. The molecule has 0 bridgehead atoms. The second-order valence-corrected chi connectivity index (χ2v) is 6.99. The number of rotatable bonds is 6. The maximum atomic E-state index is 12.2. The normalized spacial score (nSPS) is 11.2. The molecule has 6 heteroatoms. The minimum absolute atomic E-state index is 0.0434. The molecule has 6 nitrogen and oxygen atoms in total. The average molecular weight is 375 g/mol. The summed E-state index contributed by atoms with van der Waals surface area (Å²) in [6.07, 6.45) is 2.01. The fourth-order valence-electron chi connectivity index (χ4n) is 3.07. The fraction of sp³-hybridized carbons (Fsp3) is 0.227. The van der Waals surface area contributed by atoms with Crippen LogP contribution in [0.2, 0.25) is 0 Å². The van der Waals surface area contributed by atoms with E-state index in [1.165, 1.54) is 5.56 Å². The van der Waals surface area contributed by atoms with E-state index in [2.05, 4.69) is 41.1 Å². The number of nitrogens with one attached hydrogen (secondary N) is 1. The first-order valence-electron chi connectivity index (χ1n) is 9.23. The standard InChI is InChI=1S/C22H21N3O3/c1-14(2)15-7-9-16(10-8-15)22-24-20(28-25-22)13-27-21(26)11-17-12-23-19-6-4-3-5-18(17)19/h3-10,12,14,23H,11,13H2,1-2H3. The number of hydrogen-bond donors (Lipinski definition) is 1. The van der Waals surface area contributed by atoms with E-state index >= 15 is 0 Å². The van der Waals surface area contributed by atoms with Crippen LogP contribution in [0.25, 0.3) is 22.3 Å². The molecule has 0 saturated carbocycles. The smallest absolute Gasteiger partial charge is 0.310 e. The van der Waals surface area contributed by atoms with Crippen molar-refractivity contribution < 1.29 is 14.1 Å². The monoisotopic (exact) mass is 375 g/mol. The van der Waals surface area contributed by atoms with Gasteiger partial charge in [-0.1, -0.05) is 61.5 Å². The van der Waals surface area contributed by atoms with Crippen LogP contribution >= 0.6 is 0 Å². The summed E-state index contributed by atoms with van der Waals surface area (Å²) in [4.78, 5) is 19.6. The summed E-state index contributed by atoms with van der Waals surface area (Å²) in [6, 6.07) is 15.9. The number of nitrogens with zero attached hydrogens (tertiary/aromatic N) is 2. The summed E-state index contributed by atoms with van der Waals surface area (Å²) < 4.78 is 10.5. The second-order valence-electron chi connectivity index (χ2n) is 6.99. The maximum absolute atomic E-state index is 12.2. The van der Waals surface area contributed by atoms with Gasteiger partial charge in [-0.2, -0.15) is 4.98 Å². The molecule has 142 valence electrons. The molecule has 0 radical (unpaired) electrons. The molecule has 4 rings (SSSR count). The number of fused-ring (bicyclic) bond motifs is 1. The lowest BCUT2D eigenvalue weighted by Gasteiger charge is -2.04. The van der Waals surface area contributed by atoms with Gasteiger partial charge in [0.05, 0.1) is 6.42 Å². The number of carbonyl (C=O) groups excluding carboxylic acids is 1. The molecule has 2 aromatic heterocycles. The second kappa shape index (κ2) is 7.68. The fourth-order valence-corrected chi connectivity index (χ4v) is 3.07. The molecule has 2 heterocycles. The van der Waals surface area contributed by atoms with Gasteiger partial charge in [-0.3, -0.25) is 4.79 Å². The molecule has 0 aliphatic heterocycles. The highest BCUT2D eigenvalue weighted by Crippen LogP contribution is 2.21. The molecule has 28 heavy (non-hydrogen) atoms. The maximum Gasteiger partial charge on any atom is 0.310 e. The van der Waals surface area contributed by atoms with Gasteiger partial charge < -0.3 is 14.2 Å². The van der Waals surface area contributed by atoms with Crippen LogP contribution in [0.15, 0.2) is 59.3 Å². The summed E-state index contributed by atoms with van der Waals surface area (Å²) in [5, 5.41) is 4.99. The lowest BCUT2D eigenvalue weighted by Crippen LogP contribution is -2.07. The largest absolute Gasteiger partial charge is 0.455 e. The van der Waals surface area contributed by atoms with Crippen LogP contribution in [-0.2, 0) is 22.6 Å². The Morgan fingerprint density at radius 2 is 1.93 bits per heavy atom. The molecule has 0 aliphatic carbocycles. The number of aromatic amines is 1. The van der Waals surface area contributed by atoms with Crippen molar-refractivity contribution in [2.45, 2.75) is 32.8 Å². The summed E-state index contributed by atoms with van der Waals surface area (Å²) >= 11 is 0. The third kappa shape index (κ3) is 3.81. The number of aromatic nitrogens is 3. The van der Waals surface area contributed by atoms with Crippen molar-refractivity contribution in [2.75, 3.05) is 0 Å². The van der Waals surface area contributed by atoms with Gasteiger partial charge in [0.1, 0.15) is 0 Å². The van der Waals surface area contributed by atoms with Crippen LogP contribution in [0.5, 0.6) is 0 Å². The van der Waals surface area contributed by atoms with E-state index in [0.29, 0.717) is 11.7 Å². The Bertz CT molecular complexity index is 1090. The van der Waals surface area contributed by atoms with Crippen molar-refractivity contribution in [1.29, 1.82) is 0 Å². The first-order chi connectivity index (χ1) is 13.6. The van der Waals surface area contributed by atoms with Gasteiger partial charge in [-0.15, -0.1) is 0 Å². The molecule has 0 fully saturated rings. The molecule has 0 amide bonds. The molecule has 2 aromatic carbocycles. The predicted molar refractivity (Wildman–Crippen MR) is 106 cm³/mol. The topological polar surface area (TPSA) is 81.0 Å². The molecule has 1 N–H and O–H groups in total. The molecule has 0 spiro atoms. The Hall–Kier alpha value is -3.41. The number of carbonyl (C=O) groups is 1. The van der Waals surface area contributed by atoms with Gasteiger partial charge in [0, 0.05) is 22.7 Å². The number of para-hydroxylation sites is 1. The van der Waals surface area contributed by atoms with E-state index in [1.54, 1.807) is 0 Å². The van der Waals surface area contributed by atoms with Crippen molar-refractivity contribution in [3.05, 3.63) is 71.7 Å². The number of hydrogen-bond acceptors (Lipinski definition) is 5. The molecule has 4 aromatic rings. The van der Waals surface area contributed by atoms with Gasteiger partial charge >= 0.3 is 5.97 Å². The van der Waals surface area contributed by atoms with Gasteiger partial charge in [0.25, 0.3) is 5.89 Å². The first-order valence-corrected chi connectivity index (χ1v) is 9.23. The van der Waals surface area contributed by atoms with E-state index in [4.69, 9.17) is 9.26 Å². The Balaban J connectivity index is 1.37. The van der Waals surface area contributed by atoms with E-state index in [-0.39, 0.29) is 24.9 Å². The third-order valence-electron chi connectivity index (χ3n) is 4.67. The third-order valence-corrected chi connectivity index (χ3v) is 4.67. The number of benzene rings is 2. The first kappa shape index (κ1) is 18.0. The van der Waals surface area contributed by atoms with Crippen molar-refractivity contribution in [3.63, 3.8) is 0 Å². The van der Waals surface area contributed by atoms with Crippen LogP contribution in [0.4, 0.5) is 0 Å². The highest BCUT2D eigenvalue weighted by atomic mass is 16.6. The summed E-state index contributed by atoms with van der Waals surface area (Å²) in [7, 11) is 0. The van der Waals surface area contributed by atoms with Gasteiger partial charge in [0.15, 0.2) is 6.61 Å². The lowest BCUT2D eigenvalue weighted by atomic mass is 10.0. The van der Waals surface area contributed by atoms with Crippen molar-refractivity contribution >= 4 is 16.9 Å². The summed E-state index contributed by atoms with van der Waals surface area (Å²) in [6.45, 7) is 4.25. The summed E-state index contributed by atoms with van der Waals surface area (Å²) in [5.41, 5.74) is 4.01. The SMILES string of the molecule is CC(C)c1ccc(-c2noc(COC(=O)Cc3c[nH]c4ccccc34)n2)cc1. The van der Waals surface area contributed by atoms with Gasteiger partial charge in [0.2, 0.25) is 5.82 Å². The summed E-state index contributed by atoms with van der Waals surface area (Å²) in [5.74, 6) is 0.880. The quantitative estimate of drug-likeness (QED) is 0.497. The molecular formula is C22H21N3O3.